The van der Waals surface area contributed by atoms with Crippen LogP contribution < -0.4 is 5.32 Å². The number of rotatable bonds is 5. The number of hydrogen-bond acceptors (Lipinski definition) is 2. The van der Waals surface area contributed by atoms with Crippen LogP contribution in [0.25, 0.3) is 0 Å². The maximum Gasteiger partial charge on any atom is 0.326 e. The molecule has 1 aromatic rings. The van der Waals surface area contributed by atoms with Gasteiger partial charge in [0.1, 0.15) is 6.04 Å². The fourth-order valence-corrected chi connectivity index (χ4v) is 1.59. The number of benzene rings is 1. The highest BCUT2D eigenvalue weighted by molar-refractivity contribution is 6.31. The monoisotopic (exact) mass is 255 g/mol. The van der Waals surface area contributed by atoms with Crippen LogP contribution in [0.2, 0.25) is 5.02 Å². The molecule has 2 N–H and O–H groups in total. The Morgan fingerprint density at radius 1 is 1.41 bits per heavy atom. The predicted octanol–water partition coefficient (Wildman–Crippen LogP) is 1.86. The van der Waals surface area contributed by atoms with E-state index >= 15 is 0 Å². The topological polar surface area (TPSA) is 66.4 Å². The van der Waals surface area contributed by atoms with Gasteiger partial charge in [0.05, 0.1) is 0 Å². The van der Waals surface area contributed by atoms with E-state index in [4.69, 9.17) is 16.7 Å². The molecule has 0 spiro atoms. The number of carbonyl (C=O) groups is 2. The minimum absolute atomic E-state index is 0.181. The Morgan fingerprint density at radius 2 is 2.06 bits per heavy atom. The van der Waals surface area contributed by atoms with E-state index in [0.717, 1.165) is 0 Å². The summed E-state index contributed by atoms with van der Waals surface area (Å²) in [6.45, 7) is 1.67. The number of halogens is 1. The van der Waals surface area contributed by atoms with Crippen LogP contribution in [0.1, 0.15) is 18.9 Å². The van der Waals surface area contributed by atoms with Crippen molar-refractivity contribution in [3.63, 3.8) is 0 Å². The molecule has 1 atom stereocenters. The third-order valence-electron chi connectivity index (χ3n) is 2.34. The average molecular weight is 256 g/mol. The van der Waals surface area contributed by atoms with E-state index in [0.29, 0.717) is 10.6 Å². The summed E-state index contributed by atoms with van der Waals surface area (Å²) in [6, 6.07) is 6.05. The Bertz CT molecular complexity index is 420. The lowest BCUT2D eigenvalue weighted by Gasteiger charge is -2.14. The van der Waals surface area contributed by atoms with E-state index < -0.39 is 12.0 Å². The Balaban J connectivity index is 2.77. The van der Waals surface area contributed by atoms with Crippen LogP contribution in [0.15, 0.2) is 24.3 Å². The molecule has 5 heteroatoms. The maximum atomic E-state index is 11.2. The molecule has 1 rings (SSSR count). The number of amides is 1. The van der Waals surface area contributed by atoms with Crippen molar-refractivity contribution in [3.05, 3.63) is 34.9 Å². The molecule has 0 aliphatic carbocycles. The minimum atomic E-state index is -1.06. The lowest BCUT2D eigenvalue weighted by Crippen LogP contribution is -2.42. The summed E-state index contributed by atoms with van der Waals surface area (Å²) in [4.78, 5) is 22.2. The standard InChI is InChI=1S/C12H14ClNO3/c1-2-11(15)14-10(12(16)17)7-8-5-3-4-6-9(8)13/h3-6,10H,2,7H2,1H3,(H,14,15)(H,16,17)/t10-/m0/s1. The molecular formula is C12H14ClNO3. The Hall–Kier alpha value is -1.55. The van der Waals surface area contributed by atoms with Crippen LogP contribution in [-0.4, -0.2) is 23.0 Å². The second-order valence-electron chi connectivity index (χ2n) is 3.61. The zero-order chi connectivity index (χ0) is 12.8. The third-order valence-corrected chi connectivity index (χ3v) is 2.71. The van der Waals surface area contributed by atoms with Crippen LogP contribution in [0, 0.1) is 0 Å². The van der Waals surface area contributed by atoms with Crippen molar-refractivity contribution in [2.45, 2.75) is 25.8 Å². The SMILES string of the molecule is CCC(=O)N[C@@H](Cc1ccccc1Cl)C(=O)O. The van der Waals surface area contributed by atoms with Crippen molar-refractivity contribution >= 4 is 23.5 Å². The van der Waals surface area contributed by atoms with Crippen LogP contribution in [0.3, 0.4) is 0 Å². The second kappa shape index (κ2) is 6.25. The van der Waals surface area contributed by atoms with Crippen molar-refractivity contribution < 1.29 is 14.7 Å². The lowest BCUT2D eigenvalue weighted by molar-refractivity contribution is -0.141. The first-order valence-electron chi connectivity index (χ1n) is 5.30. The Labute approximate surface area is 105 Å². The number of nitrogens with one attached hydrogen (secondary N) is 1. The fraction of sp³-hybridized carbons (Fsp3) is 0.333. The van der Waals surface area contributed by atoms with E-state index in [1.807, 2.05) is 0 Å². The smallest absolute Gasteiger partial charge is 0.326 e. The van der Waals surface area contributed by atoms with Gasteiger partial charge < -0.3 is 10.4 Å². The van der Waals surface area contributed by atoms with Gasteiger partial charge in [0.25, 0.3) is 0 Å². The molecule has 92 valence electrons. The molecule has 4 nitrogen and oxygen atoms in total. The molecule has 17 heavy (non-hydrogen) atoms. The molecule has 0 aromatic heterocycles. The molecule has 1 aromatic carbocycles. The first-order valence-corrected chi connectivity index (χ1v) is 5.68. The summed E-state index contributed by atoms with van der Waals surface area (Å²) in [5.74, 6) is -1.35. The molecule has 0 bridgehead atoms. The first-order chi connectivity index (χ1) is 8.04. The molecule has 0 heterocycles. The van der Waals surface area contributed by atoms with Crippen LogP contribution >= 0.6 is 11.6 Å². The molecule has 0 fully saturated rings. The zero-order valence-corrected chi connectivity index (χ0v) is 10.2. The van der Waals surface area contributed by atoms with E-state index in [9.17, 15) is 9.59 Å². The molecule has 0 unspecified atom stereocenters. The van der Waals surface area contributed by atoms with Crippen molar-refractivity contribution in [3.8, 4) is 0 Å². The highest BCUT2D eigenvalue weighted by Gasteiger charge is 2.20. The van der Waals surface area contributed by atoms with Gasteiger partial charge in [0.2, 0.25) is 5.91 Å². The summed E-state index contributed by atoms with van der Waals surface area (Å²) in [5.41, 5.74) is 0.706. The molecule has 0 aliphatic heterocycles. The predicted molar refractivity (Wildman–Crippen MR) is 65.0 cm³/mol. The van der Waals surface area contributed by atoms with Gasteiger partial charge in [-0.2, -0.15) is 0 Å². The molecule has 0 aliphatic rings. The van der Waals surface area contributed by atoms with Gasteiger partial charge in [-0.25, -0.2) is 4.79 Å². The fourth-order valence-electron chi connectivity index (χ4n) is 1.38. The van der Waals surface area contributed by atoms with Gasteiger partial charge >= 0.3 is 5.97 Å². The van der Waals surface area contributed by atoms with Crippen molar-refractivity contribution in [1.29, 1.82) is 0 Å². The number of aliphatic carboxylic acids is 1. The van der Waals surface area contributed by atoms with Crippen LogP contribution in [-0.2, 0) is 16.0 Å². The van der Waals surface area contributed by atoms with Crippen LogP contribution in [0.4, 0.5) is 0 Å². The van der Waals surface area contributed by atoms with Gasteiger partial charge in [-0.1, -0.05) is 36.7 Å². The summed E-state index contributed by atoms with van der Waals surface area (Å²) in [5, 5.41) is 12.0. The quantitative estimate of drug-likeness (QED) is 0.844. The van der Waals surface area contributed by atoms with Gasteiger partial charge in [-0.05, 0) is 11.6 Å². The number of carboxylic acids is 1. The normalized spacial score (nSPS) is 11.9. The van der Waals surface area contributed by atoms with Crippen LogP contribution in [0.5, 0.6) is 0 Å². The van der Waals surface area contributed by atoms with Gasteiger partial charge in [0.15, 0.2) is 0 Å². The Morgan fingerprint density at radius 3 is 2.59 bits per heavy atom. The molecule has 0 saturated carbocycles. The summed E-state index contributed by atoms with van der Waals surface area (Å²) in [6.07, 6.45) is 0.438. The molecular weight excluding hydrogens is 242 g/mol. The Kier molecular flexibility index (Phi) is 4.97. The maximum absolute atomic E-state index is 11.2. The minimum Gasteiger partial charge on any atom is -0.480 e. The number of carbonyl (C=O) groups excluding carboxylic acids is 1. The molecule has 1 amide bonds. The van der Waals surface area contributed by atoms with E-state index in [1.54, 1.807) is 31.2 Å². The summed E-state index contributed by atoms with van der Waals surface area (Å²) < 4.78 is 0. The van der Waals surface area contributed by atoms with Gasteiger partial charge in [-0.15, -0.1) is 0 Å². The second-order valence-corrected chi connectivity index (χ2v) is 4.01. The molecule has 0 saturated heterocycles. The first kappa shape index (κ1) is 13.5. The van der Waals surface area contributed by atoms with E-state index in [-0.39, 0.29) is 18.7 Å². The highest BCUT2D eigenvalue weighted by atomic mass is 35.5. The van der Waals surface area contributed by atoms with Crippen molar-refractivity contribution in [2.24, 2.45) is 0 Å². The highest BCUT2D eigenvalue weighted by Crippen LogP contribution is 2.16. The van der Waals surface area contributed by atoms with Gasteiger partial charge in [0, 0.05) is 17.9 Å². The number of carboxylic acid groups (broad SMARTS) is 1. The lowest BCUT2D eigenvalue weighted by atomic mass is 10.1. The number of hydrogen-bond donors (Lipinski definition) is 2. The summed E-state index contributed by atoms with van der Waals surface area (Å²) >= 11 is 5.94. The average Bonchev–Trinajstić information content (AvgIpc) is 2.30. The zero-order valence-electron chi connectivity index (χ0n) is 9.44. The van der Waals surface area contributed by atoms with E-state index in [1.165, 1.54) is 0 Å². The van der Waals surface area contributed by atoms with Crippen molar-refractivity contribution in [2.75, 3.05) is 0 Å². The molecule has 0 radical (unpaired) electrons. The van der Waals surface area contributed by atoms with Gasteiger partial charge in [-0.3, -0.25) is 4.79 Å². The summed E-state index contributed by atoms with van der Waals surface area (Å²) in [7, 11) is 0. The largest absolute Gasteiger partial charge is 0.480 e. The van der Waals surface area contributed by atoms with E-state index in [2.05, 4.69) is 5.32 Å². The third kappa shape index (κ3) is 4.07. The van der Waals surface area contributed by atoms with Crippen molar-refractivity contribution in [1.82, 2.24) is 5.32 Å².